The van der Waals surface area contributed by atoms with E-state index >= 15 is 0 Å². The van der Waals surface area contributed by atoms with Crippen molar-refractivity contribution in [2.24, 2.45) is 17.3 Å². The molecule has 0 aromatic rings. The largest absolute Gasteiger partial charge is 0.391 e. The highest BCUT2D eigenvalue weighted by Gasteiger charge is 2.77. The number of hydrogen-bond donors (Lipinski definition) is 1. The molecule has 2 aliphatic carbocycles. The summed E-state index contributed by atoms with van der Waals surface area (Å²) in [6.45, 7) is 2.32. The Labute approximate surface area is 77.1 Å². The first-order valence-electron chi connectivity index (χ1n) is 5.01. The van der Waals surface area contributed by atoms with E-state index in [2.05, 4.69) is 0 Å². The van der Waals surface area contributed by atoms with Crippen LogP contribution in [0.25, 0.3) is 0 Å². The van der Waals surface area contributed by atoms with Gasteiger partial charge in [-0.1, -0.05) is 0 Å². The summed E-state index contributed by atoms with van der Waals surface area (Å²) in [6, 6.07) is 0. The second-order valence-electron chi connectivity index (χ2n) is 4.65. The number of Topliss-reactive ketones (excluding diaryl/α,β-unsaturated/α-hetero) is 1. The van der Waals surface area contributed by atoms with Crippen LogP contribution in [-0.4, -0.2) is 29.7 Å². The van der Waals surface area contributed by atoms with Crippen molar-refractivity contribution < 1.29 is 14.6 Å². The molecule has 0 aromatic carbocycles. The fourth-order valence-corrected chi connectivity index (χ4v) is 3.48. The molecule has 1 aliphatic heterocycles. The maximum absolute atomic E-state index is 11.6. The van der Waals surface area contributed by atoms with Gasteiger partial charge in [-0.25, -0.2) is 0 Å². The molecule has 3 fully saturated rings. The van der Waals surface area contributed by atoms with Crippen LogP contribution in [0.2, 0.25) is 0 Å². The molecule has 0 aromatic heterocycles. The Morgan fingerprint density at radius 2 is 2.46 bits per heavy atom. The summed E-state index contributed by atoms with van der Waals surface area (Å²) in [5.41, 5.74) is -0.137. The van der Waals surface area contributed by atoms with Crippen molar-refractivity contribution in [1.82, 2.24) is 0 Å². The summed E-state index contributed by atoms with van der Waals surface area (Å²) in [5, 5.41) is 9.45. The molecule has 1 saturated heterocycles. The summed E-state index contributed by atoms with van der Waals surface area (Å²) in [6.07, 6.45) is 1.25. The van der Waals surface area contributed by atoms with Gasteiger partial charge in [0.1, 0.15) is 5.78 Å². The number of rotatable bonds is 1. The van der Waals surface area contributed by atoms with E-state index in [4.69, 9.17) is 4.74 Å². The highest BCUT2D eigenvalue weighted by atomic mass is 16.5. The van der Waals surface area contributed by atoms with Gasteiger partial charge in [0.15, 0.2) is 0 Å². The first kappa shape index (κ1) is 7.94. The number of fused-ring (bicyclic) bond motifs is 1. The van der Waals surface area contributed by atoms with Crippen molar-refractivity contribution in [2.75, 3.05) is 6.61 Å². The molecular weight excluding hydrogens is 168 g/mol. The topological polar surface area (TPSA) is 46.5 Å². The number of aliphatic hydroxyl groups is 1. The third kappa shape index (κ3) is 0.716. The third-order valence-electron chi connectivity index (χ3n) is 4.13. The summed E-state index contributed by atoms with van der Waals surface area (Å²) >= 11 is 0. The van der Waals surface area contributed by atoms with E-state index < -0.39 is 6.10 Å². The van der Waals surface area contributed by atoms with E-state index in [9.17, 15) is 9.90 Å². The van der Waals surface area contributed by atoms with E-state index in [0.717, 1.165) is 12.8 Å². The molecule has 0 bridgehead atoms. The van der Waals surface area contributed by atoms with Crippen LogP contribution in [-0.2, 0) is 9.53 Å². The van der Waals surface area contributed by atoms with Crippen LogP contribution >= 0.6 is 0 Å². The Bertz CT molecular complexity index is 273. The van der Waals surface area contributed by atoms with Gasteiger partial charge in [0.25, 0.3) is 0 Å². The van der Waals surface area contributed by atoms with E-state index in [0.29, 0.717) is 24.2 Å². The van der Waals surface area contributed by atoms with Gasteiger partial charge < -0.3 is 9.84 Å². The lowest BCUT2D eigenvalue weighted by Crippen LogP contribution is -2.26. The van der Waals surface area contributed by atoms with Crippen molar-refractivity contribution in [3.05, 3.63) is 0 Å². The molecule has 3 aliphatic rings. The van der Waals surface area contributed by atoms with Gasteiger partial charge in [-0.2, -0.15) is 0 Å². The molecule has 5 atom stereocenters. The van der Waals surface area contributed by atoms with Gasteiger partial charge in [-0.3, -0.25) is 4.79 Å². The second kappa shape index (κ2) is 2.15. The molecule has 3 rings (SSSR count). The molecule has 1 N–H and O–H groups in total. The monoisotopic (exact) mass is 182 g/mol. The van der Waals surface area contributed by atoms with E-state index in [1.807, 2.05) is 0 Å². The summed E-state index contributed by atoms with van der Waals surface area (Å²) in [5.74, 6) is 1.26. The van der Waals surface area contributed by atoms with Crippen molar-refractivity contribution >= 4 is 5.78 Å². The van der Waals surface area contributed by atoms with Crippen molar-refractivity contribution in [3.8, 4) is 0 Å². The minimum Gasteiger partial charge on any atom is -0.391 e. The van der Waals surface area contributed by atoms with E-state index in [-0.39, 0.29) is 11.5 Å². The van der Waals surface area contributed by atoms with Gasteiger partial charge in [-0.05, 0) is 19.3 Å². The molecule has 1 spiro atoms. The second-order valence-corrected chi connectivity index (χ2v) is 4.65. The van der Waals surface area contributed by atoms with Crippen molar-refractivity contribution in [3.63, 3.8) is 0 Å². The highest BCUT2D eigenvalue weighted by Crippen LogP contribution is 2.71. The normalized spacial score (nSPS) is 54.6. The molecule has 3 heteroatoms. The van der Waals surface area contributed by atoms with Gasteiger partial charge >= 0.3 is 0 Å². The van der Waals surface area contributed by atoms with Crippen LogP contribution in [0, 0.1) is 17.3 Å². The highest BCUT2D eigenvalue weighted by molar-refractivity contribution is 5.92. The molecular formula is C10H14O3. The third-order valence-corrected chi connectivity index (χ3v) is 4.13. The fraction of sp³-hybridized carbons (Fsp3) is 0.900. The standard InChI is InChI=1S/C10H14O3/c1-5(11)9-8-6-2-3-7(12)10(6,8)4-13-9/h5-6,8-9,11H,2-4H2,1H3/t5-,6-,8+,9+,10+/m1/s1. The van der Waals surface area contributed by atoms with E-state index in [1.54, 1.807) is 6.92 Å². The summed E-state index contributed by atoms with van der Waals surface area (Å²) in [4.78, 5) is 11.6. The molecule has 3 nitrogen and oxygen atoms in total. The van der Waals surface area contributed by atoms with Gasteiger partial charge in [-0.15, -0.1) is 0 Å². The number of ketones is 1. The molecule has 1 heterocycles. The molecule has 13 heavy (non-hydrogen) atoms. The zero-order chi connectivity index (χ0) is 9.22. The Kier molecular flexibility index (Phi) is 1.31. The maximum Gasteiger partial charge on any atom is 0.142 e. The maximum atomic E-state index is 11.6. The zero-order valence-electron chi connectivity index (χ0n) is 7.69. The number of ether oxygens (including phenoxy) is 1. The lowest BCUT2D eigenvalue weighted by Gasteiger charge is -2.16. The summed E-state index contributed by atoms with van der Waals surface area (Å²) in [7, 11) is 0. The van der Waals surface area contributed by atoms with Crippen LogP contribution in [0.15, 0.2) is 0 Å². The lowest BCUT2D eigenvalue weighted by molar-refractivity contribution is -0.123. The number of carbonyl (C=O) groups is 1. The van der Waals surface area contributed by atoms with Crippen LogP contribution in [0.4, 0.5) is 0 Å². The van der Waals surface area contributed by atoms with Gasteiger partial charge in [0.2, 0.25) is 0 Å². The predicted molar refractivity (Wildman–Crippen MR) is 45.1 cm³/mol. The van der Waals surface area contributed by atoms with Crippen LogP contribution < -0.4 is 0 Å². The number of carbonyl (C=O) groups excluding carboxylic acids is 1. The molecule has 72 valence electrons. The van der Waals surface area contributed by atoms with E-state index in [1.165, 1.54) is 0 Å². The van der Waals surface area contributed by atoms with Crippen molar-refractivity contribution in [1.29, 1.82) is 0 Å². The zero-order valence-corrected chi connectivity index (χ0v) is 7.69. The summed E-state index contributed by atoms with van der Waals surface area (Å²) < 4.78 is 5.48. The lowest BCUT2D eigenvalue weighted by atomic mass is 9.97. The SMILES string of the molecule is C[C@@H](O)[C@@H]1OC[C@@]23C(=O)CC[C@@H]2[C@@H]13. The Hall–Kier alpha value is -0.410. The molecule has 2 saturated carbocycles. The first-order chi connectivity index (χ1) is 6.18. The smallest absolute Gasteiger partial charge is 0.142 e. The molecule has 0 radical (unpaired) electrons. The Morgan fingerprint density at radius 1 is 1.69 bits per heavy atom. The Balaban J connectivity index is 1.89. The minimum atomic E-state index is -0.428. The first-order valence-corrected chi connectivity index (χ1v) is 5.01. The average molecular weight is 182 g/mol. The molecule has 0 unspecified atom stereocenters. The Morgan fingerprint density at radius 3 is 3.08 bits per heavy atom. The minimum absolute atomic E-state index is 0.0748. The number of aliphatic hydroxyl groups excluding tert-OH is 1. The van der Waals surface area contributed by atoms with Crippen molar-refractivity contribution in [2.45, 2.75) is 32.0 Å². The van der Waals surface area contributed by atoms with Crippen LogP contribution in [0.1, 0.15) is 19.8 Å². The van der Waals surface area contributed by atoms with Crippen LogP contribution in [0.5, 0.6) is 0 Å². The fourth-order valence-electron chi connectivity index (χ4n) is 3.48. The predicted octanol–water partition coefficient (Wildman–Crippen LogP) is 0.361. The van der Waals surface area contributed by atoms with Gasteiger partial charge in [0.05, 0.1) is 24.2 Å². The van der Waals surface area contributed by atoms with Crippen LogP contribution in [0.3, 0.4) is 0 Å². The van der Waals surface area contributed by atoms with Gasteiger partial charge in [0, 0.05) is 12.3 Å². The molecule has 0 amide bonds. The number of hydrogen-bond acceptors (Lipinski definition) is 3. The quantitative estimate of drug-likeness (QED) is 0.637. The average Bonchev–Trinajstić information content (AvgIpc) is 2.42.